The van der Waals surface area contributed by atoms with Crippen LogP contribution in [-0.4, -0.2) is 49.9 Å². The zero-order chi connectivity index (χ0) is 13.7. The van der Waals surface area contributed by atoms with Crippen LogP contribution >= 0.6 is 0 Å². The largest absolute Gasteiger partial charge is 0.492 e. The summed E-state index contributed by atoms with van der Waals surface area (Å²) >= 11 is 0. The molecule has 1 aliphatic rings. The van der Waals surface area contributed by atoms with Gasteiger partial charge in [0, 0.05) is 25.7 Å². The molecular formula is C15H24N2O2. The lowest BCUT2D eigenvalue weighted by atomic mass is 10.1. The van der Waals surface area contributed by atoms with Gasteiger partial charge in [-0.05, 0) is 31.5 Å². The maximum atomic E-state index is 5.88. The first-order valence-electron chi connectivity index (χ1n) is 6.94. The molecule has 1 aromatic rings. The molecule has 1 saturated heterocycles. The van der Waals surface area contributed by atoms with Crippen molar-refractivity contribution in [1.29, 1.82) is 0 Å². The number of morpholine rings is 1. The van der Waals surface area contributed by atoms with E-state index in [1.54, 1.807) is 0 Å². The summed E-state index contributed by atoms with van der Waals surface area (Å²) in [5.74, 6) is 0.942. The average Bonchev–Trinajstić information content (AvgIpc) is 2.39. The number of nitrogens with two attached hydrogens (primary N) is 1. The average molecular weight is 264 g/mol. The van der Waals surface area contributed by atoms with Crippen LogP contribution in [0.1, 0.15) is 12.5 Å². The first kappa shape index (κ1) is 14.3. The molecule has 2 atom stereocenters. The minimum Gasteiger partial charge on any atom is -0.492 e. The van der Waals surface area contributed by atoms with Crippen molar-refractivity contribution in [3.8, 4) is 5.75 Å². The highest BCUT2D eigenvalue weighted by Crippen LogP contribution is 2.13. The smallest absolute Gasteiger partial charge is 0.119 e. The zero-order valence-corrected chi connectivity index (χ0v) is 11.8. The lowest BCUT2D eigenvalue weighted by Crippen LogP contribution is -2.50. The van der Waals surface area contributed by atoms with Gasteiger partial charge in [0.05, 0.1) is 12.7 Å². The van der Waals surface area contributed by atoms with Crippen LogP contribution in [0.5, 0.6) is 5.75 Å². The molecule has 19 heavy (non-hydrogen) atoms. The van der Waals surface area contributed by atoms with Gasteiger partial charge in [-0.2, -0.15) is 0 Å². The molecule has 4 nitrogen and oxygen atoms in total. The maximum Gasteiger partial charge on any atom is 0.119 e. The normalized spacial score (nSPS) is 22.2. The number of hydrogen-bond donors (Lipinski definition) is 1. The van der Waals surface area contributed by atoms with Crippen molar-refractivity contribution in [2.75, 3.05) is 32.8 Å². The van der Waals surface area contributed by atoms with Gasteiger partial charge in [-0.15, -0.1) is 0 Å². The minimum atomic E-state index is 0.0838. The van der Waals surface area contributed by atoms with Crippen LogP contribution in [0.25, 0.3) is 0 Å². The summed E-state index contributed by atoms with van der Waals surface area (Å²) in [6.07, 6.45) is 0.146. The third-order valence-electron chi connectivity index (χ3n) is 3.43. The molecule has 0 spiro atoms. The molecule has 1 heterocycles. The van der Waals surface area contributed by atoms with Gasteiger partial charge in [-0.25, -0.2) is 0 Å². The third kappa shape index (κ3) is 4.49. The summed E-state index contributed by atoms with van der Waals surface area (Å²) < 4.78 is 11.4. The predicted molar refractivity (Wildman–Crippen MR) is 76.5 cm³/mol. The van der Waals surface area contributed by atoms with E-state index >= 15 is 0 Å². The topological polar surface area (TPSA) is 47.7 Å². The molecule has 2 unspecified atom stereocenters. The number of rotatable bonds is 5. The molecule has 1 aliphatic heterocycles. The Morgan fingerprint density at radius 1 is 1.53 bits per heavy atom. The Bertz CT molecular complexity index is 395. The zero-order valence-electron chi connectivity index (χ0n) is 11.8. The molecule has 1 fully saturated rings. The van der Waals surface area contributed by atoms with Crippen molar-refractivity contribution in [3.05, 3.63) is 29.8 Å². The number of benzene rings is 1. The lowest BCUT2D eigenvalue weighted by Gasteiger charge is -2.34. The van der Waals surface area contributed by atoms with Gasteiger partial charge in [0.25, 0.3) is 0 Å². The molecule has 0 amide bonds. The van der Waals surface area contributed by atoms with E-state index in [1.807, 2.05) is 19.1 Å². The van der Waals surface area contributed by atoms with E-state index in [0.29, 0.717) is 6.61 Å². The molecule has 0 saturated carbocycles. The fourth-order valence-corrected chi connectivity index (χ4v) is 2.25. The summed E-state index contributed by atoms with van der Waals surface area (Å²) in [5, 5.41) is 0. The quantitative estimate of drug-likeness (QED) is 0.874. The number of nitrogens with zero attached hydrogens (tertiary/aromatic N) is 1. The van der Waals surface area contributed by atoms with Crippen LogP contribution in [0.4, 0.5) is 0 Å². The molecule has 1 aromatic carbocycles. The van der Waals surface area contributed by atoms with Gasteiger partial charge < -0.3 is 15.2 Å². The highest BCUT2D eigenvalue weighted by atomic mass is 16.5. The van der Waals surface area contributed by atoms with Gasteiger partial charge in [-0.3, -0.25) is 4.90 Å². The van der Waals surface area contributed by atoms with Crippen LogP contribution in [0.15, 0.2) is 24.3 Å². The van der Waals surface area contributed by atoms with Crippen LogP contribution in [0.3, 0.4) is 0 Å². The van der Waals surface area contributed by atoms with E-state index in [4.69, 9.17) is 15.2 Å². The van der Waals surface area contributed by atoms with Crippen molar-refractivity contribution in [2.45, 2.75) is 26.0 Å². The first-order chi connectivity index (χ1) is 9.15. The minimum absolute atomic E-state index is 0.0838. The molecular weight excluding hydrogens is 240 g/mol. The van der Waals surface area contributed by atoms with Crippen molar-refractivity contribution >= 4 is 0 Å². The predicted octanol–water partition coefficient (Wildman–Crippen LogP) is 1.42. The molecule has 0 aromatic heterocycles. The van der Waals surface area contributed by atoms with Gasteiger partial charge in [-0.1, -0.05) is 12.1 Å². The molecule has 4 heteroatoms. The molecule has 0 bridgehead atoms. The Morgan fingerprint density at radius 2 is 2.37 bits per heavy atom. The monoisotopic (exact) mass is 264 g/mol. The van der Waals surface area contributed by atoms with Crippen LogP contribution in [0.2, 0.25) is 0 Å². The lowest BCUT2D eigenvalue weighted by molar-refractivity contribution is -0.0402. The third-order valence-corrected chi connectivity index (χ3v) is 3.43. The van der Waals surface area contributed by atoms with E-state index < -0.39 is 0 Å². The number of hydrogen-bond acceptors (Lipinski definition) is 4. The Kier molecular flexibility index (Phi) is 5.19. The summed E-state index contributed by atoms with van der Waals surface area (Å²) in [6.45, 7) is 8.31. The summed E-state index contributed by atoms with van der Waals surface area (Å²) in [6, 6.07) is 8.23. The summed E-state index contributed by atoms with van der Waals surface area (Å²) in [5.41, 5.74) is 7.11. The van der Waals surface area contributed by atoms with Crippen LogP contribution in [0, 0.1) is 6.92 Å². The standard InChI is InChI=1S/C15H24N2O2/c1-12-4-3-5-14(10-12)18-8-6-17-7-9-19-15(11-17)13(2)16/h3-5,10,13,15H,6-9,11,16H2,1-2H3. The number of aryl methyl sites for hydroxylation is 1. The second-order valence-electron chi connectivity index (χ2n) is 5.23. The van der Waals surface area contributed by atoms with Crippen molar-refractivity contribution in [2.24, 2.45) is 5.73 Å². The van der Waals surface area contributed by atoms with Crippen molar-refractivity contribution in [3.63, 3.8) is 0 Å². The Hall–Kier alpha value is -1.10. The molecule has 2 N–H and O–H groups in total. The maximum absolute atomic E-state index is 5.88. The van der Waals surface area contributed by atoms with E-state index in [-0.39, 0.29) is 12.1 Å². The molecule has 0 aliphatic carbocycles. The SMILES string of the molecule is Cc1cccc(OCCN2CCOC(C(C)N)C2)c1. The van der Waals surface area contributed by atoms with Crippen molar-refractivity contribution in [1.82, 2.24) is 4.90 Å². The van der Waals surface area contributed by atoms with E-state index in [9.17, 15) is 0 Å². The molecule has 0 radical (unpaired) electrons. The highest BCUT2D eigenvalue weighted by Gasteiger charge is 2.22. The Morgan fingerprint density at radius 3 is 3.11 bits per heavy atom. The fourth-order valence-electron chi connectivity index (χ4n) is 2.25. The van der Waals surface area contributed by atoms with Gasteiger partial charge in [0.15, 0.2) is 0 Å². The van der Waals surface area contributed by atoms with Crippen LogP contribution < -0.4 is 10.5 Å². The number of ether oxygens (including phenoxy) is 2. The van der Waals surface area contributed by atoms with Gasteiger partial charge in [0.1, 0.15) is 12.4 Å². The first-order valence-corrected chi connectivity index (χ1v) is 6.94. The fraction of sp³-hybridized carbons (Fsp3) is 0.600. The van der Waals surface area contributed by atoms with Gasteiger partial charge in [0.2, 0.25) is 0 Å². The van der Waals surface area contributed by atoms with E-state index in [0.717, 1.165) is 32.0 Å². The Labute approximate surface area is 115 Å². The molecule has 2 rings (SSSR count). The highest BCUT2D eigenvalue weighted by molar-refractivity contribution is 5.27. The van der Waals surface area contributed by atoms with Gasteiger partial charge >= 0.3 is 0 Å². The van der Waals surface area contributed by atoms with Crippen molar-refractivity contribution < 1.29 is 9.47 Å². The second kappa shape index (κ2) is 6.89. The van der Waals surface area contributed by atoms with E-state index in [2.05, 4.69) is 24.0 Å². The molecule has 106 valence electrons. The Balaban J connectivity index is 1.73. The second-order valence-corrected chi connectivity index (χ2v) is 5.23. The van der Waals surface area contributed by atoms with E-state index in [1.165, 1.54) is 5.56 Å². The summed E-state index contributed by atoms with van der Waals surface area (Å²) in [7, 11) is 0. The summed E-state index contributed by atoms with van der Waals surface area (Å²) in [4.78, 5) is 2.35. The van der Waals surface area contributed by atoms with Crippen LogP contribution in [-0.2, 0) is 4.74 Å².